The topological polar surface area (TPSA) is 63.4 Å². The number of nitrogens with zero attached hydrogens (tertiary/aromatic N) is 1. The zero-order chi connectivity index (χ0) is 14.2. The van der Waals surface area contributed by atoms with Crippen LogP contribution >= 0.6 is 11.6 Å². The third-order valence-corrected chi connectivity index (χ3v) is 6.09. The van der Waals surface area contributed by atoms with Gasteiger partial charge in [0.05, 0.1) is 4.90 Å². The number of nitrogen functional groups attached to an aromatic ring is 1. The molecule has 0 spiro atoms. The molecule has 6 heteroatoms. The minimum Gasteiger partial charge on any atom is -0.398 e. The summed E-state index contributed by atoms with van der Waals surface area (Å²) in [6, 6.07) is 3.02. The quantitative estimate of drug-likeness (QED) is 0.854. The summed E-state index contributed by atoms with van der Waals surface area (Å²) in [4.78, 5) is 0.189. The van der Waals surface area contributed by atoms with Crippen molar-refractivity contribution < 1.29 is 8.42 Å². The normalized spacial score (nSPS) is 21.5. The summed E-state index contributed by atoms with van der Waals surface area (Å²) < 4.78 is 26.8. The predicted octanol–water partition coefficient (Wildman–Crippen LogP) is 2.79. The Morgan fingerprint density at radius 2 is 2.05 bits per heavy atom. The minimum absolute atomic E-state index is 0.0278. The van der Waals surface area contributed by atoms with Crippen molar-refractivity contribution in [3.63, 3.8) is 0 Å². The van der Waals surface area contributed by atoms with Crippen molar-refractivity contribution in [1.29, 1.82) is 0 Å². The Morgan fingerprint density at radius 1 is 1.37 bits per heavy atom. The van der Waals surface area contributed by atoms with Gasteiger partial charge in [-0.05, 0) is 44.4 Å². The maximum atomic E-state index is 12.6. The first-order valence-corrected chi connectivity index (χ1v) is 8.23. The lowest BCUT2D eigenvalue weighted by molar-refractivity contribution is 0.268. The number of hydrogen-bond donors (Lipinski definition) is 1. The van der Waals surface area contributed by atoms with Gasteiger partial charge in [0, 0.05) is 23.3 Å². The molecule has 1 aromatic carbocycles. The molecule has 1 unspecified atom stereocenters. The van der Waals surface area contributed by atoms with Gasteiger partial charge < -0.3 is 5.73 Å². The van der Waals surface area contributed by atoms with E-state index in [0.717, 1.165) is 19.3 Å². The third kappa shape index (κ3) is 2.73. The molecule has 1 atom stereocenters. The summed E-state index contributed by atoms with van der Waals surface area (Å²) in [7, 11) is -3.50. The maximum absolute atomic E-state index is 12.6. The molecular formula is C13H19ClN2O2S. The first-order chi connectivity index (χ1) is 8.84. The number of rotatable bonds is 2. The van der Waals surface area contributed by atoms with Crippen LogP contribution < -0.4 is 5.73 Å². The molecule has 0 radical (unpaired) electrons. The number of halogens is 1. The Labute approximate surface area is 119 Å². The summed E-state index contributed by atoms with van der Waals surface area (Å²) in [5.74, 6) is 0. The van der Waals surface area contributed by atoms with Gasteiger partial charge in [0.15, 0.2) is 0 Å². The van der Waals surface area contributed by atoms with Crippen LogP contribution in [0.4, 0.5) is 5.69 Å². The third-order valence-electron chi connectivity index (χ3n) is 3.71. The van der Waals surface area contributed by atoms with Gasteiger partial charge in [0.2, 0.25) is 10.0 Å². The smallest absolute Gasteiger partial charge is 0.243 e. The van der Waals surface area contributed by atoms with E-state index in [9.17, 15) is 8.42 Å². The van der Waals surface area contributed by atoms with E-state index in [1.807, 2.05) is 6.92 Å². The van der Waals surface area contributed by atoms with Gasteiger partial charge in [0.1, 0.15) is 0 Å². The Bertz CT molecular complexity index is 563. The Hall–Kier alpha value is -0.780. The van der Waals surface area contributed by atoms with Crippen LogP contribution in [0, 0.1) is 6.92 Å². The van der Waals surface area contributed by atoms with E-state index < -0.39 is 10.0 Å². The molecule has 1 saturated heterocycles. The van der Waals surface area contributed by atoms with E-state index in [2.05, 4.69) is 0 Å². The molecule has 0 saturated carbocycles. The largest absolute Gasteiger partial charge is 0.398 e. The highest BCUT2D eigenvalue weighted by atomic mass is 35.5. The lowest BCUT2D eigenvalue weighted by atomic mass is 10.1. The number of benzene rings is 1. The molecule has 0 amide bonds. The standard InChI is InChI=1S/C13H19ClN2O2S/c1-9-5-3-4-6-16(9)19(17,18)11-7-12(14)10(2)13(15)8-11/h7-9H,3-6,15H2,1-2H3. The van der Waals surface area contributed by atoms with Crippen LogP contribution in [0.5, 0.6) is 0 Å². The second-order valence-corrected chi connectivity index (χ2v) is 7.38. The van der Waals surface area contributed by atoms with E-state index in [-0.39, 0.29) is 10.9 Å². The molecule has 1 fully saturated rings. The van der Waals surface area contributed by atoms with Gasteiger partial charge in [-0.3, -0.25) is 0 Å². The number of anilines is 1. The molecule has 2 rings (SSSR count). The highest BCUT2D eigenvalue weighted by molar-refractivity contribution is 7.89. The first-order valence-electron chi connectivity index (χ1n) is 6.41. The number of sulfonamides is 1. The molecule has 4 nitrogen and oxygen atoms in total. The summed E-state index contributed by atoms with van der Waals surface area (Å²) in [5.41, 5.74) is 6.94. The van der Waals surface area contributed by atoms with Gasteiger partial charge in [-0.2, -0.15) is 4.31 Å². The molecule has 0 aromatic heterocycles. The molecule has 106 valence electrons. The fraction of sp³-hybridized carbons (Fsp3) is 0.538. The van der Waals surface area contributed by atoms with E-state index in [1.165, 1.54) is 12.1 Å². The fourth-order valence-electron chi connectivity index (χ4n) is 2.39. The molecule has 19 heavy (non-hydrogen) atoms. The maximum Gasteiger partial charge on any atom is 0.243 e. The summed E-state index contributed by atoms with van der Waals surface area (Å²) in [6.45, 7) is 4.28. The first kappa shape index (κ1) is 14.6. The van der Waals surface area contributed by atoms with Crippen LogP contribution in [-0.4, -0.2) is 25.3 Å². The van der Waals surface area contributed by atoms with E-state index in [0.29, 0.717) is 22.8 Å². The van der Waals surface area contributed by atoms with Crippen LogP contribution in [0.2, 0.25) is 5.02 Å². The Balaban J connectivity index is 2.44. The van der Waals surface area contributed by atoms with Crippen molar-refractivity contribution in [3.05, 3.63) is 22.7 Å². The highest BCUT2D eigenvalue weighted by Gasteiger charge is 2.31. The van der Waals surface area contributed by atoms with Gasteiger partial charge in [-0.25, -0.2) is 8.42 Å². The second kappa shape index (κ2) is 5.31. The van der Waals surface area contributed by atoms with Crippen LogP contribution in [0.15, 0.2) is 17.0 Å². The second-order valence-electron chi connectivity index (χ2n) is 5.08. The monoisotopic (exact) mass is 302 g/mol. The zero-order valence-corrected chi connectivity index (χ0v) is 12.8. The Morgan fingerprint density at radius 3 is 2.63 bits per heavy atom. The van der Waals surface area contributed by atoms with E-state index in [4.69, 9.17) is 17.3 Å². The molecule has 0 bridgehead atoms. The van der Waals surface area contributed by atoms with Crippen LogP contribution in [0.25, 0.3) is 0 Å². The molecule has 1 aromatic rings. The highest BCUT2D eigenvalue weighted by Crippen LogP contribution is 2.30. The fourth-order valence-corrected chi connectivity index (χ4v) is 4.44. The van der Waals surface area contributed by atoms with Crippen molar-refractivity contribution in [2.45, 2.75) is 44.0 Å². The van der Waals surface area contributed by atoms with Crippen molar-refractivity contribution >= 4 is 27.3 Å². The van der Waals surface area contributed by atoms with Crippen LogP contribution in [-0.2, 0) is 10.0 Å². The lowest BCUT2D eigenvalue weighted by Crippen LogP contribution is -2.41. The molecule has 2 N–H and O–H groups in total. The lowest BCUT2D eigenvalue weighted by Gasteiger charge is -2.32. The van der Waals surface area contributed by atoms with Crippen LogP contribution in [0.3, 0.4) is 0 Å². The molecule has 1 aliphatic rings. The molecule has 1 heterocycles. The SMILES string of the molecule is Cc1c(N)cc(S(=O)(=O)N2CCCCC2C)cc1Cl. The van der Waals surface area contributed by atoms with Crippen molar-refractivity contribution in [1.82, 2.24) is 4.31 Å². The molecule has 0 aliphatic carbocycles. The minimum atomic E-state index is -3.50. The van der Waals surface area contributed by atoms with Crippen molar-refractivity contribution in [3.8, 4) is 0 Å². The molecular weight excluding hydrogens is 284 g/mol. The van der Waals surface area contributed by atoms with E-state index in [1.54, 1.807) is 11.2 Å². The van der Waals surface area contributed by atoms with Gasteiger partial charge in [-0.1, -0.05) is 18.0 Å². The number of nitrogens with two attached hydrogens (primary N) is 1. The van der Waals surface area contributed by atoms with E-state index >= 15 is 0 Å². The molecule has 1 aliphatic heterocycles. The average molecular weight is 303 g/mol. The zero-order valence-electron chi connectivity index (χ0n) is 11.2. The van der Waals surface area contributed by atoms with Gasteiger partial charge in [-0.15, -0.1) is 0 Å². The predicted molar refractivity (Wildman–Crippen MR) is 77.8 cm³/mol. The van der Waals surface area contributed by atoms with Crippen LogP contribution in [0.1, 0.15) is 31.7 Å². The Kier molecular flexibility index (Phi) is 4.08. The van der Waals surface area contributed by atoms with Crippen molar-refractivity contribution in [2.24, 2.45) is 0 Å². The van der Waals surface area contributed by atoms with Crippen molar-refractivity contribution in [2.75, 3.05) is 12.3 Å². The summed E-state index contributed by atoms with van der Waals surface area (Å²) in [6.07, 6.45) is 2.87. The number of hydrogen-bond acceptors (Lipinski definition) is 3. The summed E-state index contributed by atoms with van der Waals surface area (Å²) >= 11 is 6.04. The van der Waals surface area contributed by atoms with Gasteiger partial charge in [0.25, 0.3) is 0 Å². The van der Waals surface area contributed by atoms with Gasteiger partial charge >= 0.3 is 0 Å². The average Bonchev–Trinajstić information content (AvgIpc) is 2.35. The number of piperidine rings is 1. The summed E-state index contributed by atoms with van der Waals surface area (Å²) in [5, 5.41) is 0.392.